The van der Waals surface area contributed by atoms with Crippen LogP contribution in [0.4, 0.5) is 0 Å². The molecule has 2 aromatic carbocycles. The first-order valence-electron chi connectivity index (χ1n) is 9.74. The Balaban J connectivity index is 1.92. The third-order valence-electron chi connectivity index (χ3n) is 6.25. The number of fused-ring (bicyclic) bond motifs is 7. The van der Waals surface area contributed by atoms with Gasteiger partial charge < -0.3 is 9.47 Å². The molecule has 2 atom stereocenters. The fourth-order valence-corrected chi connectivity index (χ4v) is 6.38. The molecule has 0 aliphatic heterocycles. The molecule has 27 heavy (non-hydrogen) atoms. The number of ether oxygens (including phenoxy) is 2. The van der Waals surface area contributed by atoms with Crippen LogP contribution in [-0.2, 0) is 21.5 Å². The minimum absolute atomic E-state index is 0.221. The van der Waals surface area contributed by atoms with Crippen LogP contribution in [0, 0.1) is 0 Å². The van der Waals surface area contributed by atoms with E-state index in [1.165, 1.54) is 41.5 Å². The molecule has 2 unspecified atom stereocenters. The Morgan fingerprint density at radius 2 is 1.15 bits per heavy atom. The molecule has 0 aromatic heterocycles. The van der Waals surface area contributed by atoms with Crippen LogP contribution >= 0.6 is 31.9 Å². The molecular weight excluding hydrogens is 468 g/mol. The van der Waals surface area contributed by atoms with Crippen LogP contribution < -0.4 is 9.47 Å². The van der Waals surface area contributed by atoms with Crippen molar-refractivity contribution >= 4 is 31.9 Å². The Bertz CT molecular complexity index is 781. The van der Waals surface area contributed by atoms with Gasteiger partial charge in [-0.3, -0.25) is 0 Å². The van der Waals surface area contributed by atoms with Crippen LogP contribution in [0.15, 0.2) is 36.4 Å². The van der Waals surface area contributed by atoms with Crippen LogP contribution in [0.5, 0.6) is 11.5 Å². The monoisotopic (exact) mass is 492 g/mol. The fraction of sp³-hybridized carbons (Fsp3) is 0.478. The number of benzene rings is 2. The molecule has 1 fully saturated rings. The molecule has 144 valence electrons. The molecule has 0 spiro atoms. The van der Waals surface area contributed by atoms with Gasteiger partial charge in [0.1, 0.15) is 11.5 Å². The topological polar surface area (TPSA) is 18.5 Å². The Morgan fingerprint density at radius 1 is 0.704 bits per heavy atom. The van der Waals surface area contributed by atoms with Crippen LogP contribution in [0.1, 0.15) is 54.4 Å². The van der Waals surface area contributed by atoms with Crippen molar-refractivity contribution in [1.82, 2.24) is 0 Å². The smallest absolute Gasteiger partial charge is 0.123 e. The average Bonchev–Trinajstić information content (AvgIpc) is 2.70. The van der Waals surface area contributed by atoms with Crippen molar-refractivity contribution < 1.29 is 9.47 Å². The number of methoxy groups -OCH3 is 2. The van der Waals surface area contributed by atoms with Gasteiger partial charge in [0.15, 0.2) is 0 Å². The van der Waals surface area contributed by atoms with E-state index in [1.807, 2.05) is 0 Å². The maximum absolute atomic E-state index is 5.77. The van der Waals surface area contributed by atoms with Gasteiger partial charge >= 0.3 is 0 Å². The summed E-state index contributed by atoms with van der Waals surface area (Å²) in [5, 5.41) is 0. The van der Waals surface area contributed by atoms with E-state index in [2.05, 4.69) is 68.3 Å². The molecule has 2 nitrogen and oxygen atoms in total. The van der Waals surface area contributed by atoms with Crippen LogP contribution in [0.25, 0.3) is 0 Å². The second kappa shape index (κ2) is 7.44. The standard InChI is InChI=1S/C23H26Br2O2/c1-26-20-10-8-16-6-4-3-5-7-17-9-11-21(27-2)19(15-17)23(25)13-12-22(23,24)18(20)14-16/h8-11,14-15H,3-7,12-13H2,1-2H3. The second-order valence-corrected chi connectivity index (χ2v) is 10.4. The van der Waals surface area contributed by atoms with Gasteiger partial charge in [0.25, 0.3) is 0 Å². The van der Waals surface area contributed by atoms with Gasteiger partial charge in [-0.2, -0.15) is 0 Å². The van der Waals surface area contributed by atoms with Gasteiger partial charge in [-0.1, -0.05) is 62.5 Å². The minimum atomic E-state index is -0.221. The molecule has 0 heterocycles. The highest BCUT2D eigenvalue weighted by atomic mass is 79.9. The van der Waals surface area contributed by atoms with Crippen molar-refractivity contribution in [2.75, 3.05) is 14.2 Å². The SMILES string of the molecule is COc1ccc2cc1C1(Br)CCC1(Br)c1cc(ccc1OC)CCCCC2. The number of aryl methyl sites for hydroxylation is 2. The van der Waals surface area contributed by atoms with Gasteiger partial charge in [0.05, 0.1) is 22.9 Å². The maximum Gasteiger partial charge on any atom is 0.123 e. The van der Waals surface area contributed by atoms with E-state index >= 15 is 0 Å². The van der Waals surface area contributed by atoms with Crippen molar-refractivity contribution in [2.24, 2.45) is 0 Å². The van der Waals surface area contributed by atoms with Crippen LogP contribution in [-0.4, -0.2) is 14.2 Å². The largest absolute Gasteiger partial charge is 0.496 e. The summed E-state index contributed by atoms with van der Waals surface area (Å²) in [6, 6.07) is 13.4. The first-order chi connectivity index (χ1) is 13.0. The predicted octanol–water partition coefficient (Wildman–Crippen LogP) is 6.65. The molecule has 2 aliphatic carbocycles. The van der Waals surface area contributed by atoms with Crippen molar-refractivity contribution in [1.29, 1.82) is 0 Å². The minimum Gasteiger partial charge on any atom is -0.496 e. The molecule has 0 saturated heterocycles. The summed E-state index contributed by atoms with van der Waals surface area (Å²) in [4.78, 5) is 0. The van der Waals surface area contributed by atoms with Crippen LogP contribution in [0.2, 0.25) is 0 Å². The molecule has 1 saturated carbocycles. The van der Waals surface area contributed by atoms with Crippen molar-refractivity contribution in [3.05, 3.63) is 58.7 Å². The summed E-state index contributed by atoms with van der Waals surface area (Å²) in [5.74, 6) is 1.90. The summed E-state index contributed by atoms with van der Waals surface area (Å²) < 4.78 is 11.1. The molecule has 0 N–H and O–H groups in total. The second-order valence-electron chi connectivity index (χ2n) is 7.73. The third kappa shape index (κ3) is 3.13. The molecule has 4 rings (SSSR count). The maximum atomic E-state index is 5.77. The zero-order chi connectivity index (χ0) is 19.1. The molecular formula is C23H26Br2O2. The van der Waals surface area contributed by atoms with E-state index in [1.54, 1.807) is 14.2 Å². The quantitative estimate of drug-likeness (QED) is 0.436. The Hall–Kier alpha value is -1.00. The number of hydrogen-bond acceptors (Lipinski definition) is 2. The molecule has 2 aliphatic rings. The predicted molar refractivity (Wildman–Crippen MR) is 118 cm³/mol. The lowest BCUT2D eigenvalue weighted by Gasteiger charge is -2.54. The van der Waals surface area contributed by atoms with Gasteiger partial charge in [-0.25, -0.2) is 0 Å². The van der Waals surface area contributed by atoms with E-state index in [0.29, 0.717) is 0 Å². The Kier molecular flexibility index (Phi) is 5.32. The van der Waals surface area contributed by atoms with Crippen LogP contribution in [0.3, 0.4) is 0 Å². The zero-order valence-electron chi connectivity index (χ0n) is 16.0. The summed E-state index contributed by atoms with van der Waals surface area (Å²) in [6.07, 6.45) is 8.04. The van der Waals surface area contributed by atoms with E-state index < -0.39 is 0 Å². The molecule has 2 aromatic rings. The first kappa shape index (κ1) is 19.3. The zero-order valence-corrected chi connectivity index (χ0v) is 19.2. The lowest BCUT2D eigenvalue weighted by atomic mass is 9.65. The van der Waals surface area contributed by atoms with Crippen molar-refractivity contribution in [3.63, 3.8) is 0 Å². The highest BCUT2D eigenvalue weighted by Crippen LogP contribution is 2.68. The normalized spacial score (nSPS) is 27.3. The number of hydrogen-bond donors (Lipinski definition) is 0. The highest BCUT2D eigenvalue weighted by Gasteiger charge is 2.60. The summed E-state index contributed by atoms with van der Waals surface area (Å²) >= 11 is 8.31. The lowest BCUT2D eigenvalue weighted by Crippen LogP contribution is -2.50. The van der Waals surface area contributed by atoms with Gasteiger partial charge in [0, 0.05) is 11.1 Å². The third-order valence-corrected chi connectivity index (χ3v) is 9.79. The first-order valence-corrected chi connectivity index (χ1v) is 11.3. The van der Waals surface area contributed by atoms with Gasteiger partial charge in [-0.05, 0) is 61.8 Å². The summed E-state index contributed by atoms with van der Waals surface area (Å²) in [6.45, 7) is 0. The van der Waals surface area contributed by atoms with E-state index in [4.69, 9.17) is 9.47 Å². The average molecular weight is 494 g/mol. The molecule has 0 amide bonds. The number of rotatable bonds is 2. The van der Waals surface area contributed by atoms with Crippen molar-refractivity contribution in [2.45, 2.75) is 53.6 Å². The highest BCUT2D eigenvalue weighted by molar-refractivity contribution is 9.12. The lowest BCUT2D eigenvalue weighted by molar-refractivity contribution is 0.263. The van der Waals surface area contributed by atoms with E-state index in [0.717, 1.165) is 37.2 Å². The molecule has 4 bridgehead atoms. The summed E-state index contributed by atoms with van der Waals surface area (Å²) in [5.41, 5.74) is 5.25. The fourth-order valence-electron chi connectivity index (χ4n) is 4.54. The van der Waals surface area contributed by atoms with Gasteiger partial charge in [0.2, 0.25) is 0 Å². The van der Waals surface area contributed by atoms with Gasteiger partial charge in [-0.15, -0.1) is 0 Å². The van der Waals surface area contributed by atoms with Crippen molar-refractivity contribution in [3.8, 4) is 11.5 Å². The number of alkyl halides is 2. The Labute approximate surface area is 178 Å². The molecule has 4 heteroatoms. The van der Waals surface area contributed by atoms with E-state index in [-0.39, 0.29) is 8.65 Å². The Morgan fingerprint density at radius 3 is 1.52 bits per heavy atom. The number of halogens is 2. The summed E-state index contributed by atoms with van der Waals surface area (Å²) in [7, 11) is 3.53. The van der Waals surface area contributed by atoms with E-state index in [9.17, 15) is 0 Å². The molecule has 0 radical (unpaired) electrons.